The second-order valence-corrected chi connectivity index (χ2v) is 6.54. The number of anilines is 1. The lowest BCUT2D eigenvalue weighted by Crippen LogP contribution is -2.14. The second kappa shape index (κ2) is 7.55. The number of nitrogens with zero attached hydrogens (tertiary/aromatic N) is 1. The molecule has 1 aromatic heterocycles. The van der Waals surface area contributed by atoms with Crippen LogP contribution in [0, 0.1) is 0 Å². The van der Waals surface area contributed by atoms with Crippen molar-refractivity contribution in [1.82, 2.24) is 10.2 Å². The molecule has 24 heavy (non-hydrogen) atoms. The number of nitrogens with one attached hydrogen (secondary N) is 2. The first-order valence-electron chi connectivity index (χ1n) is 7.37. The van der Waals surface area contributed by atoms with E-state index in [2.05, 4.69) is 21.6 Å². The Morgan fingerprint density at radius 1 is 1.25 bits per heavy atom. The average Bonchev–Trinajstić information content (AvgIpc) is 3.11. The first kappa shape index (κ1) is 16.6. The molecule has 0 saturated heterocycles. The molecule has 6 heteroatoms. The first-order chi connectivity index (χ1) is 11.7. The maximum Gasteiger partial charge on any atom is 0.228 e. The highest BCUT2D eigenvalue weighted by Crippen LogP contribution is 2.28. The van der Waals surface area contributed by atoms with Gasteiger partial charge in [-0.15, -0.1) is 11.8 Å². The average molecular weight is 358 g/mol. The second-order valence-electron chi connectivity index (χ2n) is 5.25. The van der Waals surface area contributed by atoms with Crippen molar-refractivity contribution in [3.8, 4) is 11.1 Å². The fraction of sp³-hybridized carbons (Fsp3) is 0.111. The topological polar surface area (TPSA) is 57.8 Å². The number of H-pyrrole nitrogens is 1. The lowest BCUT2D eigenvalue weighted by Gasteiger charge is -2.10. The minimum atomic E-state index is -0.0977. The number of carbonyl (C=O) groups excluding carboxylic acids is 1. The summed E-state index contributed by atoms with van der Waals surface area (Å²) in [5.74, 6) is -0.0977. The van der Waals surface area contributed by atoms with E-state index < -0.39 is 0 Å². The molecular weight excluding hydrogens is 342 g/mol. The minimum absolute atomic E-state index is 0.0977. The van der Waals surface area contributed by atoms with Crippen molar-refractivity contribution >= 4 is 35.0 Å². The van der Waals surface area contributed by atoms with E-state index in [0.717, 1.165) is 27.3 Å². The molecule has 0 aliphatic carbocycles. The smallest absolute Gasteiger partial charge is 0.228 e. The van der Waals surface area contributed by atoms with Crippen LogP contribution in [0.5, 0.6) is 0 Å². The number of benzene rings is 2. The van der Waals surface area contributed by atoms with Crippen LogP contribution in [0.3, 0.4) is 0 Å². The van der Waals surface area contributed by atoms with Crippen LogP contribution in [0.1, 0.15) is 5.56 Å². The summed E-state index contributed by atoms with van der Waals surface area (Å²) in [7, 11) is 0. The Morgan fingerprint density at radius 2 is 2.08 bits per heavy atom. The van der Waals surface area contributed by atoms with Crippen LogP contribution < -0.4 is 5.32 Å². The van der Waals surface area contributed by atoms with E-state index in [9.17, 15) is 4.79 Å². The van der Waals surface area contributed by atoms with Crippen LogP contribution in [-0.4, -0.2) is 22.4 Å². The van der Waals surface area contributed by atoms with Crippen molar-refractivity contribution in [2.75, 3.05) is 11.6 Å². The fourth-order valence-electron chi connectivity index (χ4n) is 2.38. The fourth-order valence-corrected chi connectivity index (χ4v) is 3.08. The zero-order chi connectivity index (χ0) is 16.9. The van der Waals surface area contributed by atoms with Gasteiger partial charge < -0.3 is 5.32 Å². The van der Waals surface area contributed by atoms with E-state index in [0.29, 0.717) is 5.02 Å². The molecule has 0 saturated carbocycles. The van der Waals surface area contributed by atoms with Crippen molar-refractivity contribution < 1.29 is 4.79 Å². The molecule has 3 rings (SSSR count). The van der Waals surface area contributed by atoms with Crippen LogP contribution in [-0.2, 0) is 11.2 Å². The molecule has 1 heterocycles. The minimum Gasteiger partial charge on any atom is -0.326 e. The molecule has 0 radical (unpaired) electrons. The van der Waals surface area contributed by atoms with Crippen LogP contribution in [0.2, 0.25) is 5.02 Å². The molecule has 2 aromatic carbocycles. The van der Waals surface area contributed by atoms with Gasteiger partial charge >= 0.3 is 0 Å². The number of hydrogen-bond acceptors (Lipinski definition) is 3. The van der Waals surface area contributed by atoms with Crippen molar-refractivity contribution in [2.45, 2.75) is 11.3 Å². The Balaban J connectivity index is 1.80. The molecule has 0 atom stereocenters. The maximum absolute atomic E-state index is 12.3. The van der Waals surface area contributed by atoms with Gasteiger partial charge in [-0.2, -0.15) is 5.10 Å². The standard InChI is InChI=1S/C18H16ClN3OS/c1-24-16-7-13(14-10-20-21-11-14)6-15(9-16)22-18(23)8-12-4-2-3-5-17(12)19/h2-7,9-11H,8H2,1H3,(H,20,21)(H,22,23). The third-order valence-electron chi connectivity index (χ3n) is 3.57. The lowest BCUT2D eigenvalue weighted by atomic mass is 10.1. The highest BCUT2D eigenvalue weighted by Gasteiger charge is 2.09. The van der Waals surface area contributed by atoms with Gasteiger partial charge in [-0.3, -0.25) is 9.89 Å². The van der Waals surface area contributed by atoms with Gasteiger partial charge in [0, 0.05) is 27.4 Å². The van der Waals surface area contributed by atoms with E-state index in [-0.39, 0.29) is 12.3 Å². The van der Waals surface area contributed by atoms with Gasteiger partial charge in [-0.05, 0) is 41.6 Å². The van der Waals surface area contributed by atoms with Gasteiger partial charge in [-0.1, -0.05) is 29.8 Å². The zero-order valence-corrected chi connectivity index (χ0v) is 14.6. The van der Waals surface area contributed by atoms with E-state index in [1.165, 1.54) is 0 Å². The summed E-state index contributed by atoms with van der Waals surface area (Å²) in [6.45, 7) is 0. The molecule has 3 aromatic rings. The molecule has 2 N–H and O–H groups in total. The van der Waals surface area contributed by atoms with E-state index in [1.807, 2.05) is 42.8 Å². The number of thioether (sulfide) groups is 1. The van der Waals surface area contributed by atoms with Crippen molar-refractivity contribution in [3.05, 3.63) is 65.4 Å². The summed E-state index contributed by atoms with van der Waals surface area (Å²) < 4.78 is 0. The summed E-state index contributed by atoms with van der Waals surface area (Å²) in [4.78, 5) is 13.4. The van der Waals surface area contributed by atoms with Crippen LogP contribution >= 0.6 is 23.4 Å². The molecule has 4 nitrogen and oxygen atoms in total. The molecule has 1 amide bonds. The van der Waals surface area contributed by atoms with Crippen molar-refractivity contribution in [2.24, 2.45) is 0 Å². The molecule has 0 aliphatic rings. The van der Waals surface area contributed by atoms with Gasteiger partial charge in [-0.25, -0.2) is 0 Å². The Hall–Kier alpha value is -2.24. The summed E-state index contributed by atoms with van der Waals surface area (Å²) >= 11 is 7.74. The molecule has 0 aliphatic heterocycles. The van der Waals surface area contributed by atoms with Gasteiger partial charge in [0.25, 0.3) is 0 Å². The summed E-state index contributed by atoms with van der Waals surface area (Å²) in [5, 5.41) is 10.3. The number of halogens is 1. The Kier molecular flexibility index (Phi) is 5.23. The van der Waals surface area contributed by atoms with Gasteiger partial charge in [0.05, 0.1) is 12.6 Å². The molecule has 0 bridgehead atoms. The van der Waals surface area contributed by atoms with Crippen molar-refractivity contribution in [1.29, 1.82) is 0 Å². The van der Waals surface area contributed by atoms with Crippen LogP contribution in [0.15, 0.2) is 59.8 Å². The third kappa shape index (κ3) is 3.99. The lowest BCUT2D eigenvalue weighted by molar-refractivity contribution is -0.115. The summed E-state index contributed by atoms with van der Waals surface area (Å²) in [5.41, 5.74) is 3.55. The predicted molar refractivity (Wildman–Crippen MR) is 99.6 cm³/mol. The van der Waals surface area contributed by atoms with Crippen molar-refractivity contribution in [3.63, 3.8) is 0 Å². The molecule has 0 fully saturated rings. The summed E-state index contributed by atoms with van der Waals surface area (Å²) in [6, 6.07) is 13.3. The molecule has 0 spiro atoms. The molecule has 122 valence electrons. The third-order valence-corrected chi connectivity index (χ3v) is 4.64. The quantitative estimate of drug-likeness (QED) is 0.654. The van der Waals surface area contributed by atoms with E-state index in [1.54, 1.807) is 24.0 Å². The summed E-state index contributed by atoms with van der Waals surface area (Å²) in [6.07, 6.45) is 5.83. The highest BCUT2D eigenvalue weighted by molar-refractivity contribution is 7.98. The number of aromatic amines is 1. The van der Waals surface area contributed by atoms with Gasteiger partial charge in [0.15, 0.2) is 0 Å². The van der Waals surface area contributed by atoms with E-state index in [4.69, 9.17) is 11.6 Å². The number of amides is 1. The monoisotopic (exact) mass is 357 g/mol. The van der Waals surface area contributed by atoms with Gasteiger partial charge in [0.1, 0.15) is 0 Å². The largest absolute Gasteiger partial charge is 0.326 e. The van der Waals surface area contributed by atoms with Crippen LogP contribution in [0.4, 0.5) is 5.69 Å². The SMILES string of the molecule is CSc1cc(NC(=O)Cc2ccccc2Cl)cc(-c2cn[nH]c2)c1. The Bertz CT molecular complexity index is 849. The van der Waals surface area contributed by atoms with Gasteiger partial charge in [0.2, 0.25) is 5.91 Å². The number of aromatic nitrogens is 2. The first-order valence-corrected chi connectivity index (χ1v) is 8.97. The number of carbonyl (C=O) groups is 1. The number of rotatable bonds is 5. The Morgan fingerprint density at radius 3 is 2.79 bits per heavy atom. The highest BCUT2D eigenvalue weighted by atomic mass is 35.5. The predicted octanol–water partition coefficient (Wildman–Crippen LogP) is 4.63. The normalized spacial score (nSPS) is 10.6. The Labute approximate surface area is 149 Å². The molecule has 0 unspecified atom stereocenters. The zero-order valence-electron chi connectivity index (χ0n) is 13.0. The van der Waals surface area contributed by atoms with Crippen LogP contribution in [0.25, 0.3) is 11.1 Å². The maximum atomic E-state index is 12.3. The van der Waals surface area contributed by atoms with E-state index >= 15 is 0 Å². The number of hydrogen-bond donors (Lipinski definition) is 2. The molecular formula is C18H16ClN3OS.